The molecule has 1 amide bonds. The van der Waals surface area contributed by atoms with Crippen LogP contribution < -0.4 is 16.0 Å². The van der Waals surface area contributed by atoms with Crippen molar-refractivity contribution in [3.63, 3.8) is 0 Å². The van der Waals surface area contributed by atoms with Crippen molar-refractivity contribution >= 4 is 17.3 Å². The zero-order chi connectivity index (χ0) is 15.4. The number of ether oxygens (including phenoxy) is 1. The van der Waals surface area contributed by atoms with Crippen LogP contribution in [0.25, 0.3) is 0 Å². The quantitative estimate of drug-likeness (QED) is 0.779. The van der Waals surface area contributed by atoms with Crippen LogP contribution in [-0.4, -0.2) is 38.3 Å². The minimum Gasteiger partial charge on any atom is -0.382 e. The molecule has 5 nitrogen and oxygen atoms in total. The number of carbonyl (C=O) groups excluding carboxylic acids is 1. The third-order valence-electron chi connectivity index (χ3n) is 4.68. The first-order valence-electron chi connectivity index (χ1n) is 8.18. The molecule has 5 heteroatoms. The van der Waals surface area contributed by atoms with Crippen LogP contribution in [-0.2, 0) is 9.53 Å². The van der Waals surface area contributed by atoms with E-state index in [1.54, 1.807) is 0 Å². The van der Waals surface area contributed by atoms with E-state index in [1.807, 2.05) is 31.2 Å². The lowest BCUT2D eigenvalue weighted by atomic mass is 9.88. The standard InChI is InChI=1S/C17H25N3O2/c1-12(13-10-18-11-13)17(21)20-15-4-2-14(3-5-15)19-16-6-8-22-9-7-16/h2-5,12-13,16,18-19H,6-11H2,1H3,(H,20,21). The zero-order valence-electron chi connectivity index (χ0n) is 13.1. The highest BCUT2D eigenvalue weighted by Crippen LogP contribution is 2.20. The summed E-state index contributed by atoms with van der Waals surface area (Å²) in [6.07, 6.45) is 2.09. The van der Waals surface area contributed by atoms with E-state index in [-0.39, 0.29) is 11.8 Å². The first-order valence-corrected chi connectivity index (χ1v) is 8.18. The van der Waals surface area contributed by atoms with Crippen molar-refractivity contribution in [3.8, 4) is 0 Å². The molecule has 3 N–H and O–H groups in total. The smallest absolute Gasteiger partial charge is 0.227 e. The van der Waals surface area contributed by atoms with E-state index >= 15 is 0 Å². The van der Waals surface area contributed by atoms with Crippen molar-refractivity contribution in [1.82, 2.24) is 5.32 Å². The minimum atomic E-state index is 0.0568. The maximum absolute atomic E-state index is 12.2. The average molecular weight is 303 g/mol. The number of benzene rings is 1. The molecule has 120 valence electrons. The SMILES string of the molecule is CC(C(=O)Nc1ccc(NC2CCOCC2)cc1)C1CNC1. The molecule has 0 aliphatic carbocycles. The highest BCUT2D eigenvalue weighted by molar-refractivity contribution is 5.92. The van der Waals surface area contributed by atoms with Gasteiger partial charge in [-0.3, -0.25) is 4.79 Å². The summed E-state index contributed by atoms with van der Waals surface area (Å²) in [5, 5.41) is 9.74. The molecule has 2 fully saturated rings. The fourth-order valence-electron chi connectivity index (χ4n) is 2.86. The minimum absolute atomic E-state index is 0.0568. The van der Waals surface area contributed by atoms with Crippen LogP contribution in [0.3, 0.4) is 0 Å². The first kappa shape index (κ1) is 15.3. The molecule has 0 bridgehead atoms. The Morgan fingerprint density at radius 1 is 1.18 bits per heavy atom. The molecule has 22 heavy (non-hydrogen) atoms. The Kier molecular flexibility index (Phi) is 4.95. The largest absolute Gasteiger partial charge is 0.382 e. The number of amides is 1. The molecule has 0 radical (unpaired) electrons. The Morgan fingerprint density at radius 2 is 1.82 bits per heavy atom. The highest BCUT2D eigenvalue weighted by Gasteiger charge is 2.28. The van der Waals surface area contributed by atoms with Crippen LogP contribution in [0.4, 0.5) is 11.4 Å². The van der Waals surface area contributed by atoms with Gasteiger partial charge < -0.3 is 20.7 Å². The van der Waals surface area contributed by atoms with Crippen LogP contribution in [0, 0.1) is 11.8 Å². The molecule has 0 aromatic heterocycles. The van der Waals surface area contributed by atoms with Gasteiger partial charge in [0, 0.05) is 36.5 Å². The lowest BCUT2D eigenvalue weighted by Crippen LogP contribution is -2.48. The maximum atomic E-state index is 12.2. The van der Waals surface area contributed by atoms with Gasteiger partial charge in [0.2, 0.25) is 5.91 Å². The Hall–Kier alpha value is -1.59. The van der Waals surface area contributed by atoms with Gasteiger partial charge in [0.15, 0.2) is 0 Å². The van der Waals surface area contributed by atoms with E-state index in [9.17, 15) is 4.79 Å². The number of anilines is 2. The van der Waals surface area contributed by atoms with E-state index in [2.05, 4.69) is 16.0 Å². The van der Waals surface area contributed by atoms with Crippen LogP contribution in [0.1, 0.15) is 19.8 Å². The van der Waals surface area contributed by atoms with Crippen molar-refractivity contribution < 1.29 is 9.53 Å². The van der Waals surface area contributed by atoms with E-state index in [0.717, 1.165) is 50.5 Å². The Bertz CT molecular complexity index is 493. The van der Waals surface area contributed by atoms with Gasteiger partial charge in [0.05, 0.1) is 0 Å². The van der Waals surface area contributed by atoms with Gasteiger partial charge in [-0.25, -0.2) is 0 Å². The van der Waals surface area contributed by atoms with Gasteiger partial charge >= 0.3 is 0 Å². The molecular formula is C17H25N3O2. The molecule has 0 spiro atoms. The van der Waals surface area contributed by atoms with E-state index < -0.39 is 0 Å². The van der Waals surface area contributed by atoms with Gasteiger partial charge in [-0.2, -0.15) is 0 Å². The zero-order valence-corrected chi connectivity index (χ0v) is 13.1. The maximum Gasteiger partial charge on any atom is 0.227 e. The van der Waals surface area contributed by atoms with Gasteiger partial charge in [-0.15, -0.1) is 0 Å². The molecule has 3 rings (SSSR count). The first-order chi connectivity index (χ1) is 10.7. The predicted octanol–water partition coefficient (Wildman–Crippen LogP) is 2.07. The third kappa shape index (κ3) is 3.78. The summed E-state index contributed by atoms with van der Waals surface area (Å²) < 4.78 is 5.36. The third-order valence-corrected chi connectivity index (χ3v) is 4.68. The fraction of sp³-hybridized carbons (Fsp3) is 0.588. The molecule has 1 unspecified atom stereocenters. The highest BCUT2D eigenvalue weighted by atomic mass is 16.5. The monoisotopic (exact) mass is 303 g/mol. The van der Waals surface area contributed by atoms with Gasteiger partial charge in [-0.05, 0) is 56.1 Å². The second-order valence-electron chi connectivity index (χ2n) is 6.30. The average Bonchev–Trinajstić information content (AvgIpc) is 2.48. The van der Waals surface area contributed by atoms with Crippen LogP contribution in [0.2, 0.25) is 0 Å². The van der Waals surface area contributed by atoms with E-state index in [4.69, 9.17) is 4.74 Å². The summed E-state index contributed by atoms with van der Waals surface area (Å²) in [5.41, 5.74) is 1.96. The molecule has 0 saturated carbocycles. The number of hydrogen-bond donors (Lipinski definition) is 3. The van der Waals surface area contributed by atoms with Gasteiger partial charge in [-0.1, -0.05) is 6.92 Å². The molecule has 2 saturated heterocycles. The van der Waals surface area contributed by atoms with Crippen molar-refractivity contribution in [2.75, 3.05) is 36.9 Å². The normalized spacial score (nSPS) is 21.0. The lowest BCUT2D eigenvalue weighted by Gasteiger charge is -2.31. The van der Waals surface area contributed by atoms with Crippen LogP contribution in [0.5, 0.6) is 0 Å². The Balaban J connectivity index is 1.51. The summed E-state index contributed by atoms with van der Waals surface area (Å²) in [4.78, 5) is 12.2. The number of nitrogens with one attached hydrogen (secondary N) is 3. The van der Waals surface area contributed by atoms with Gasteiger partial charge in [0.25, 0.3) is 0 Å². The summed E-state index contributed by atoms with van der Waals surface area (Å²) in [6, 6.07) is 8.47. The summed E-state index contributed by atoms with van der Waals surface area (Å²) >= 11 is 0. The van der Waals surface area contributed by atoms with Crippen molar-refractivity contribution in [3.05, 3.63) is 24.3 Å². The summed E-state index contributed by atoms with van der Waals surface area (Å²) in [7, 11) is 0. The van der Waals surface area contributed by atoms with Crippen molar-refractivity contribution in [2.24, 2.45) is 11.8 Å². The van der Waals surface area contributed by atoms with Gasteiger partial charge in [0.1, 0.15) is 0 Å². The molecule has 2 heterocycles. The molecule has 1 aromatic rings. The summed E-state index contributed by atoms with van der Waals surface area (Å²) in [5.74, 6) is 0.632. The molecule has 2 aliphatic heterocycles. The van der Waals surface area contributed by atoms with Crippen molar-refractivity contribution in [2.45, 2.75) is 25.8 Å². The molecular weight excluding hydrogens is 278 g/mol. The number of carbonyl (C=O) groups is 1. The Morgan fingerprint density at radius 3 is 2.41 bits per heavy atom. The molecule has 1 aromatic carbocycles. The van der Waals surface area contributed by atoms with Crippen molar-refractivity contribution in [1.29, 1.82) is 0 Å². The molecule has 2 aliphatic rings. The van der Waals surface area contributed by atoms with Crippen LogP contribution in [0.15, 0.2) is 24.3 Å². The topological polar surface area (TPSA) is 62.4 Å². The summed E-state index contributed by atoms with van der Waals surface area (Å²) in [6.45, 7) is 5.56. The predicted molar refractivity (Wildman–Crippen MR) is 88.1 cm³/mol. The lowest BCUT2D eigenvalue weighted by molar-refractivity contribution is -0.121. The second kappa shape index (κ2) is 7.11. The second-order valence-corrected chi connectivity index (χ2v) is 6.30. The molecule has 1 atom stereocenters. The fourth-order valence-corrected chi connectivity index (χ4v) is 2.86. The Labute approximate surface area is 131 Å². The van der Waals surface area contributed by atoms with E-state index in [1.165, 1.54) is 0 Å². The number of rotatable bonds is 5. The van der Waals surface area contributed by atoms with E-state index in [0.29, 0.717) is 12.0 Å². The number of hydrogen-bond acceptors (Lipinski definition) is 4. The van der Waals surface area contributed by atoms with Crippen LogP contribution >= 0.6 is 0 Å².